The van der Waals surface area contributed by atoms with Crippen LogP contribution in [0.5, 0.6) is 0 Å². The Balaban J connectivity index is 1.36. The largest absolute Gasteiger partial charge is 0.384 e. The Labute approximate surface area is 236 Å². The first-order valence-electron chi connectivity index (χ1n) is 12.1. The molecule has 0 bridgehead atoms. The molecule has 0 aliphatic rings. The number of hydrogen-bond acceptors (Lipinski definition) is 5. The Kier molecular flexibility index (Phi) is 9.38. The van der Waals surface area contributed by atoms with Crippen LogP contribution in [0.4, 0.5) is 5.69 Å². The number of halogens is 2. The van der Waals surface area contributed by atoms with Crippen molar-refractivity contribution in [2.75, 3.05) is 25.0 Å². The lowest BCUT2D eigenvalue weighted by Crippen LogP contribution is -2.40. The van der Waals surface area contributed by atoms with E-state index < -0.39 is 10.0 Å². The maximum absolute atomic E-state index is 13.4. The van der Waals surface area contributed by atoms with Gasteiger partial charge in [0.15, 0.2) is 0 Å². The van der Waals surface area contributed by atoms with Gasteiger partial charge in [-0.3, -0.25) is 9.78 Å². The first-order chi connectivity index (χ1) is 18.2. The van der Waals surface area contributed by atoms with Crippen molar-refractivity contribution >= 4 is 60.1 Å². The average Bonchev–Trinajstić information content (AvgIpc) is 2.89. The summed E-state index contributed by atoms with van der Waals surface area (Å²) in [7, 11) is -3.89. The molecule has 38 heavy (non-hydrogen) atoms. The van der Waals surface area contributed by atoms with Crippen molar-refractivity contribution in [2.24, 2.45) is 0 Å². The molecule has 0 unspecified atom stereocenters. The topological polar surface area (TPSA) is 91.4 Å². The summed E-state index contributed by atoms with van der Waals surface area (Å²) in [6.45, 7) is 2.79. The zero-order chi connectivity index (χ0) is 27.1. The fourth-order valence-corrected chi connectivity index (χ4v) is 5.72. The van der Waals surface area contributed by atoms with Crippen LogP contribution in [0, 0.1) is 6.92 Å². The number of amides is 1. The van der Waals surface area contributed by atoms with Crippen molar-refractivity contribution < 1.29 is 13.2 Å². The highest BCUT2D eigenvalue weighted by molar-refractivity contribution is 9.10. The highest BCUT2D eigenvalue weighted by Gasteiger charge is 2.27. The van der Waals surface area contributed by atoms with E-state index in [0.29, 0.717) is 24.5 Å². The Morgan fingerprint density at radius 3 is 2.47 bits per heavy atom. The van der Waals surface area contributed by atoms with Gasteiger partial charge < -0.3 is 10.6 Å². The minimum Gasteiger partial charge on any atom is -0.384 e. The smallest absolute Gasteiger partial charge is 0.243 e. The molecule has 0 aliphatic heterocycles. The molecule has 2 N–H and O–H groups in total. The number of nitrogens with one attached hydrogen (secondary N) is 2. The first kappa shape index (κ1) is 28.0. The van der Waals surface area contributed by atoms with Gasteiger partial charge in [-0.1, -0.05) is 57.4 Å². The van der Waals surface area contributed by atoms with Crippen LogP contribution in [0.3, 0.4) is 0 Å². The van der Waals surface area contributed by atoms with Gasteiger partial charge in [-0.05, 0) is 67.4 Å². The van der Waals surface area contributed by atoms with Gasteiger partial charge in [0.1, 0.15) is 0 Å². The van der Waals surface area contributed by atoms with Crippen LogP contribution in [0.1, 0.15) is 17.5 Å². The van der Waals surface area contributed by atoms with E-state index in [1.165, 1.54) is 16.4 Å². The molecule has 1 aromatic heterocycles. The number of aryl methyl sites for hydroxylation is 1. The molecule has 4 aromatic rings. The van der Waals surface area contributed by atoms with Crippen LogP contribution < -0.4 is 10.6 Å². The molecule has 198 valence electrons. The van der Waals surface area contributed by atoms with Gasteiger partial charge in [-0.2, -0.15) is 4.31 Å². The molecule has 4 rings (SSSR count). The number of rotatable bonds is 11. The second-order valence-electron chi connectivity index (χ2n) is 8.86. The monoisotopic (exact) mass is 614 g/mol. The number of aromatic nitrogens is 1. The van der Waals surface area contributed by atoms with E-state index in [-0.39, 0.29) is 23.9 Å². The lowest BCUT2D eigenvalue weighted by atomic mass is 10.1. The Bertz CT molecular complexity index is 1510. The van der Waals surface area contributed by atoms with Gasteiger partial charge in [0.05, 0.1) is 17.0 Å². The summed E-state index contributed by atoms with van der Waals surface area (Å²) in [4.78, 5) is 17.3. The van der Waals surface area contributed by atoms with Crippen molar-refractivity contribution in [1.82, 2.24) is 14.6 Å². The molecule has 0 radical (unpaired) electrons. The number of carbonyl (C=O) groups excluding carboxylic acids is 1. The van der Waals surface area contributed by atoms with E-state index in [0.717, 1.165) is 32.2 Å². The fraction of sp³-hybridized carbons (Fsp3) is 0.214. The van der Waals surface area contributed by atoms with Crippen molar-refractivity contribution in [2.45, 2.75) is 24.8 Å². The van der Waals surface area contributed by atoms with Gasteiger partial charge in [-0.25, -0.2) is 8.42 Å². The number of pyridine rings is 1. The van der Waals surface area contributed by atoms with Gasteiger partial charge in [0, 0.05) is 46.4 Å². The quantitative estimate of drug-likeness (QED) is 0.209. The predicted molar refractivity (Wildman–Crippen MR) is 156 cm³/mol. The second-order valence-corrected chi connectivity index (χ2v) is 12.2. The number of fused-ring (bicyclic) bond motifs is 1. The SMILES string of the molecule is Cc1ccc(CN(CC(=O)NCCCNc2ccnc3cc(Cl)ccc23)S(=O)(=O)c2ccc(Br)cc2)cc1. The zero-order valence-corrected chi connectivity index (χ0v) is 24.0. The summed E-state index contributed by atoms with van der Waals surface area (Å²) >= 11 is 9.39. The Hall–Kier alpha value is -2.98. The Morgan fingerprint density at radius 2 is 1.74 bits per heavy atom. The zero-order valence-electron chi connectivity index (χ0n) is 20.8. The van der Waals surface area contributed by atoms with Crippen molar-refractivity contribution in [3.63, 3.8) is 0 Å². The van der Waals surface area contributed by atoms with Crippen LogP contribution in [0.25, 0.3) is 10.9 Å². The van der Waals surface area contributed by atoms with Crippen molar-refractivity contribution in [3.8, 4) is 0 Å². The average molecular weight is 616 g/mol. The summed E-state index contributed by atoms with van der Waals surface area (Å²) in [5.41, 5.74) is 3.62. The first-order valence-corrected chi connectivity index (χ1v) is 14.7. The maximum atomic E-state index is 13.4. The number of sulfonamides is 1. The van der Waals surface area contributed by atoms with Crippen molar-refractivity contribution in [3.05, 3.63) is 99.6 Å². The minimum atomic E-state index is -3.89. The molecular formula is C28H28BrClN4O3S. The molecule has 3 aromatic carbocycles. The molecule has 10 heteroatoms. The summed E-state index contributed by atoms with van der Waals surface area (Å²) in [6.07, 6.45) is 2.37. The normalized spacial score (nSPS) is 11.6. The summed E-state index contributed by atoms with van der Waals surface area (Å²) in [5.74, 6) is -0.359. The van der Waals surface area contributed by atoms with E-state index >= 15 is 0 Å². The highest BCUT2D eigenvalue weighted by Crippen LogP contribution is 2.24. The van der Waals surface area contributed by atoms with E-state index in [4.69, 9.17) is 11.6 Å². The second kappa shape index (κ2) is 12.7. The van der Waals surface area contributed by atoms with Crippen LogP contribution in [-0.4, -0.2) is 43.2 Å². The molecule has 0 saturated heterocycles. The molecule has 0 atom stereocenters. The number of hydrogen-bond donors (Lipinski definition) is 2. The molecular weight excluding hydrogens is 588 g/mol. The number of benzene rings is 3. The third-order valence-corrected chi connectivity index (χ3v) is 8.52. The van der Waals surface area contributed by atoms with E-state index in [2.05, 4.69) is 31.5 Å². The molecule has 0 aliphatic carbocycles. The Morgan fingerprint density at radius 1 is 1.00 bits per heavy atom. The van der Waals surface area contributed by atoms with Crippen LogP contribution in [-0.2, 0) is 21.4 Å². The van der Waals surface area contributed by atoms with Gasteiger partial charge in [0.2, 0.25) is 15.9 Å². The molecule has 0 fully saturated rings. The summed E-state index contributed by atoms with van der Waals surface area (Å²) < 4.78 is 28.8. The van der Waals surface area contributed by atoms with E-state index in [1.807, 2.05) is 55.5 Å². The third kappa shape index (κ3) is 7.32. The predicted octanol–water partition coefficient (Wildman–Crippen LogP) is 5.77. The van der Waals surface area contributed by atoms with E-state index in [9.17, 15) is 13.2 Å². The number of nitrogens with zero attached hydrogens (tertiary/aromatic N) is 2. The molecule has 0 spiro atoms. The standard InChI is InChI=1S/C28H28BrClN4O3S/c1-20-3-5-21(6-4-20)18-34(38(36,37)24-10-7-22(29)8-11-24)19-28(35)33-15-2-14-31-26-13-16-32-27-17-23(30)9-12-25(26)27/h3-13,16-17H,2,14-15,18-19H2,1H3,(H,31,32)(H,33,35). The summed E-state index contributed by atoms with van der Waals surface area (Å²) in [6, 6.07) is 21.4. The molecule has 0 saturated carbocycles. The molecule has 1 amide bonds. The fourth-order valence-electron chi connectivity index (χ4n) is 3.91. The highest BCUT2D eigenvalue weighted by atomic mass is 79.9. The lowest BCUT2D eigenvalue weighted by Gasteiger charge is -2.22. The van der Waals surface area contributed by atoms with Crippen LogP contribution in [0.15, 0.2) is 88.4 Å². The van der Waals surface area contributed by atoms with Crippen molar-refractivity contribution in [1.29, 1.82) is 0 Å². The number of anilines is 1. The third-order valence-electron chi connectivity index (χ3n) is 5.95. The van der Waals surface area contributed by atoms with Crippen LogP contribution >= 0.6 is 27.5 Å². The summed E-state index contributed by atoms with van der Waals surface area (Å²) in [5, 5.41) is 7.81. The minimum absolute atomic E-state index is 0.0901. The molecule has 7 nitrogen and oxygen atoms in total. The van der Waals surface area contributed by atoms with Crippen LogP contribution in [0.2, 0.25) is 5.02 Å². The maximum Gasteiger partial charge on any atom is 0.243 e. The van der Waals surface area contributed by atoms with Gasteiger partial charge >= 0.3 is 0 Å². The van der Waals surface area contributed by atoms with Gasteiger partial charge in [0.25, 0.3) is 0 Å². The number of carbonyl (C=O) groups is 1. The van der Waals surface area contributed by atoms with Gasteiger partial charge in [-0.15, -0.1) is 0 Å². The van der Waals surface area contributed by atoms with E-state index in [1.54, 1.807) is 18.3 Å². The lowest BCUT2D eigenvalue weighted by molar-refractivity contribution is -0.121. The molecule has 1 heterocycles.